The molecule has 1 aromatic rings. The van der Waals surface area contributed by atoms with Crippen LogP contribution < -0.4 is 4.74 Å². The van der Waals surface area contributed by atoms with Crippen molar-refractivity contribution in [1.82, 2.24) is 0 Å². The Morgan fingerprint density at radius 2 is 1.23 bits per heavy atom. The minimum atomic E-state index is -0.526. The molecule has 170 valence electrons. The molecule has 0 bridgehead atoms. The topological polar surface area (TPSA) is 52.6 Å². The molecule has 0 heterocycles. The smallest absolute Gasteiger partial charge is 0.313 e. The molecule has 0 amide bonds. The first kappa shape index (κ1) is 26.2. The molecule has 0 saturated heterocycles. The Morgan fingerprint density at radius 1 is 0.733 bits per heavy atom. The lowest BCUT2D eigenvalue weighted by Crippen LogP contribution is -2.11. The zero-order chi connectivity index (χ0) is 21.9. The quantitative estimate of drug-likeness (QED) is 0.102. The predicted molar refractivity (Wildman–Crippen MR) is 123 cm³/mol. The number of carbonyl (C=O) groups excluding carboxylic acids is 2. The summed E-state index contributed by atoms with van der Waals surface area (Å²) in [6.07, 6.45) is 18.3. The average molecular weight is 419 g/mol. The highest BCUT2D eigenvalue weighted by Gasteiger charge is 2.16. The number of ketones is 1. The molecule has 0 aliphatic carbocycles. The Hall–Kier alpha value is -1.84. The van der Waals surface area contributed by atoms with Crippen molar-refractivity contribution in [3.63, 3.8) is 0 Å². The number of ether oxygens (including phenoxy) is 2. The number of hydrogen-bond acceptors (Lipinski definition) is 4. The summed E-state index contributed by atoms with van der Waals surface area (Å²) in [5.41, 5.74) is 0.452. The molecule has 0 radical (unpaired) electrons. The average Bonchev–Trinajstić information content (AvgIpc) is 2.76. The van der Waals surface area contributed by atoms with Gasteiger partial charge in [-0.3, -0.25) is 9.59 Å². The summed E-state index contributed by atoms with van der Waals surface area (Å²) in [7, 11) is 1.29. The highest BCUT2D eigenvalue weighted by molar-refractivity contribution is 6.07. The molecule has 4 heteroatoms. The van der Waals surface area contributed by atoms with Gasteiger partial charge in [-0.1, -0.05) is 103 Å². The fourth-order valence-electron chi connectivity index (χ4n) is 3.60. The summed E-state index contributed by atoms with van der Waals surface area (Å²) in [6.45, 7) is 2.87. The lowest BCUT2D eigenvalue weighted by atomic mass is 10.0. The molecule has 0 unspecified atom stereocenters. The van der Waals surface area contributed by atoms with Gasteiger partial charge in [-0.2, -0.15) is 0 Å². The highest BCUT2D eigenvalue weighted by Crippen LogP contribution is 2.20. The molecular weight excluding hydrogens is 376 g/mol. The maximum absolute atomic E-state index is 12.2. The van der Waals surface area contributed by atoms with Crippen LogP contribution in [0.15, 0.2) is 24.3 Å². The molecule has 0 aromatic heterocycles. The van der Waals surface area contributed by atoms with Gasteiger partial charge in [-0.25, -0.2) is 0 Å². The fourth-order valence-corrected chi connectivity index (χ4v) is 3.60. The first-order valence-corrected chi connectivity index (χ1v) is 12.0. The van der Waals surface area contributed by atoms with Crippen LogP contribution in [0.4, 0.5) is 0 Å². The number of unbranched alkanes of at least 4 members (excludes halogenated alkanes) is 13. The van der Waals surface area contributed by atoms with Crippen molar-refractivity contribution in [3.8, 4) is 5.75 Å². The molecule has 30 heavy (non-hydrogen) atoms. The van der Waals surface area contributed by atoms with Gasteiger partial charge in [0.25, 0.3) is 0 Å². The van der Waals surface area contributed by atoms with E-state index in [1.54, 1.807) is 18.2 Å². The Bertz CT molecular complexity index is 582. The zero-order valence-electron chi connectivity index (χ0n) is 19.3. The predicted octanol–water partition coefficient (Wildman–Crippen LogP) is 7.29. The Balaban J connectivity index is 2.03. The van der Waals surface area contributed by atoms with Gasteiger partial charge >= 0.3 is 5.97 Å². The molecule has 4 nitrogen and oxygen atoms in total. The molecule has 1 aromatic carbocycles. The van der Waals surface area contributed by atoms with Crippen LogP contribution in [0.3, 0.4) is 0 Å². The molecule has 0 N–H and O–H groups in total. The van der Waals surface area contributed by atoms with Gasteiger partial charge in [0.1, 0.15) is 12.2 Å². The minimum Gasteiger partial charge on any atom is -0.493 e. The van der Waals surface area contributed by atoms with Crippen molar-refractivity contribution < 1.29 is 19.1 Å². The van der Waals surface area contributed by atoms with Crippen molar-refractivity contribution in [2.45, 2.75) is 103 Å². The van der Waals surface area contributed by atoms with E-state index in [1.807, 2.05) is 6.07 Å². The lowest BCUT2D eigenvalue weighted by molar-refractivity contribution is -0.139. The number of methoxy groups -OCH3 is 1. The van der Waals surface area contributed by atoms with Gasteiger partial charge in [0.2, 0.25) is 0 Å². The van der Waals surface area contributed by atoms with Crippen LogP contribution >= 0.6 is 0 Å². The maximum Gasteiger partial charge on any atom is 0.313 e. The van der Waals surface area contributed by atoms with Crippen LogP contribution in [0, 0.1) is 0 Å². The summed E-state index contributed by atoms with van der Waals surface area (Å²) in [6, 6.07) is 7.11. The van der Waals surface area contributed by atoms with Crippen molar-refractivity contribution >= 4 is 11.8 Å². The lowest BCUT2D eigenvalue weighted by Gasteiger charge is -2.10. The summed E-state index contributed by atoms with van der Waals surface area (Å²) >= 11 is 0. The summed E-state index contributed by atoms with van der Waals surface area (Å²) in [5.74, 6) is -0.235. The third kappa shape index (κ3) is 12.7. The number of hydrogen-bond donors (Lipinski definition) is 0. The third-order valence-corrected chi connectivity index (χ3v) is 5.48. The maximum atomic E-state index is 12.2. The third-order valence-electron chi connectivity index (χ3n) is 5.48. The van der Waals surface area contributed by atoms with Crippen molar-refractivity contribution in [3.05, 3.63) is 29.8 Å². The molecule has 0 aliphatic rings. The van der Waals surface area contributed by atoms with E-state index in [-0.39, 0.29) is 12.2 Å². The van der Waals surface area contributed by atoms with Crippen molar-refractivity contribution in [1.29, 1.82) is 0 Å². The molecular formula is C26H42O4. The van der Waals surface area contributed by atoms with Gasteiger partial charge < -0.3 is 9.47 Å². The van der Waals surface area contributed by atoms with Crippen LogP contribution in [-0.2, 0) is 9.53 Å². The number of esters is 1. The number of benzene rings is 1. The normalized spacial score (nSPS) is 10.7. The second-order valence-electron chi connectivity index (χ2n) is 8.12. The second-order valence-corrected chi connectivity index (χ2v) is 8.12. The monoisotopic (exact) mass is 418 g/mol. The van der Waals surface area contributed by atoms with Crippen LogP contribution in [0.1, 0.15) is 114 Å². The number of carbonyl (C=O) groups is 2. The number of Topliss-reactive ketones (excluding diaryl/α,β-unsaturated/α-hetero) is 1. The van der Waals surface area contributed by atoms with Gasteiger partial charge in [-0.05, 0) is 18.6 Å². The highest BCUT2D eigenvalue weighted by atomic mass is 16.5. The van der Waals surface area contributed by atoms with E-state index in [1.165, 1.54) is 84.2 Å². The van der Waals surface area contributed by atoms with Gasteiger partial charge in [-0.15, -0.1) is 0 Å². The summed E-state index contributed by atoms with van der Waals surface area (Å²) in [4.78, 5) is 23.5. The van der Waals surface area contributed by atoms with Gasteiger partial charge in [0.15, 0.2) is 5.78 Å². The van der Waals surface area contributed by atoms with Crippen molar-refractivity contribution in [2.75, 3.05) is 13.7 Å². The van der Waals surface area contributed by atoms with E-state index in [4.69, 9.17) is 4.74 Å². The Labute approximate surface area is 183 Å². The molecule has 1 rings (SSSR count). The molecule has 0 saturated carbocycles. The van der Waals surface area contributed by atoms with E-state index >= 15 is 0 Å². The van der Waals surface area contributed by atoms with Crippen LogP contribution in [0.2, 0.25) is 0 Å². The van der Waals surface area contributed by atoms with E-state index in [9.17, 15) is 9.59 Å². The van der Waals surface area contributed by atoms with Crippen LogP contribution in [-0.4, -0.2) is 25.5 Å². The first-order valence-electron chi connectivity index (χ1n) is 12.0. The SMILES string of the molecule is CCCCCCCCCCCCCCCCOc1ccccc1C(=O)CC(=O)OC. The van der Waals surface area contributed by atoms with E-state index in [2.05, 4.69) is 11.7 Å². The molecule has 0 aliphatic heterocycles. The standard InChI is InChI=1S/C26H42O4/c1-3-4-5-6-7-8-9-10-11-12-13-14-15-18-21-30-25-20-17-16-19-23(25)24(27)22-26(28)29-2/h16-17,19-20H,3-15,18,21-22H2,1-2H3. The number of para-hydroxylation sites is 1. The van der Waals surface area contributed by atoms with Crippen LogP contribution in [0.5, 0.6) is 5.75 Å². The van der Waals surface area contributed by atoms with Crippen molar-refractivity contribution in [2.24, 2.45) is 0 Å². The molecule has 0 spiro atoms. The summed E-state index contributed by atoms with van der Waals surface area (Å²) in [5, 5.41) is 0. The largest absolute Gasteiger partial charge is 0.493 e. The second kappa shape index (κ2) is 18.0. The fraction of sp³-hybridized carbons (Fsp3) is 0.692. The summed E-state index contributed by atoms with van der Waals surface area (Å²) < 4.78 is 10.4. The van der Waals surface area contributed by atoms with Gasteiger partial charge in [0.05, 0.1) is 19.3 Å². The van der Waals surface area contributed by atoms with E-state index in [0.29, 0.717) is 17.9 Å². The van der Waals surface area contributed by atoms with E-state index in [0.717, 1.165) is 12.8 Å². The first-order chi connectivity index (χ1) is 14.7. The van der Waals surface area contributed by atoms with Crippen LogP contribution in [0.25, 0.3) is 0 Å². The minimum absolute atomic E-state index is 0.254. The molecule has 0 atom stereocenters. The molecule has 0 fully saturated rings. The zero-order valence-corrected chi connectivity index (χ0v) is 19.3. The Kier molecular flexibility index (Phi) is 15.7. The Morgan fingerprint density at radius 3 is 1.77 bits per heavy atom. The number of rotatable bonds is 19. The van der Waals surface area contributed by atoms with Gasteiger partial charge in [0, 0.05) is 0 Å². The van der Waals surface area contributed by atoms with E-state index < -0.39 is 5.97 Å².